The average molecular weight is 481 g/mol. The second-order valence-electron chi connectivity index (χ2n) is 10.9. The van der Waals surface area contributed by atoms with Gasteiger partial charge in [0.05, 0.1) is 6.61 Å². The highest BCUT2D eigenvalue weighted by Gasteiger charge is 2.11. The Morgan fingerprint density at radius 1 is 0.471 bits per heavy atom. The van der Waals surface area contributed by atoms with Crippen LogP contribution in [0.2, 0.25) is 0 Å². The molecule has 0 saturated heterocycles. The quantitative estimate of drug-likeness (QED) is 0.0821. The lowest BCUT2D eigenvalue weighted by molar-refractivity contribution is -0.143. The van der Waals surface area contributed by atoms with Gasteiger partial charge in [0.1, 0.15) is 0 Å². The van der Waals surface area contributed by atoms with E-state index in [1.807, 2.05) is 0 Å². The summed E-state index contributed by atoms with van der Waals surface area (Å²) < 4.78 is 5.52. The highest BCUT2D eigenvalue weighted by atomic mass is 16.5. The zero-order valence-electron chi connectivity index (χ0n) is 24.0. The second-order valence-corrected chi connectivity index (χ2v) is 10.9. The normalized spacial score (nSPS) is 11.4. The molecule has 0 aromatic rings. The zero-order chi connectivity index (χ0) is 25.0. The van der Waals surface area contributed by atoms with Gasteiger partial charge in [-0.1, -0.05) is 162 Å². The molecule has 0 aliphatic heterocycles. The molecule has 0 heterocycles. The Morgan fingerprint density at radius 3 is 1.26 bits per heavy atom. The first kappa shape index (κ1) is 33.5. The molecule has 0 atom stereocenters. The third kappa shape index (κ3) is 26.1. The molecule has 2 heteroatoms. The van der Waals surface area contributed by atoms with Gasteiger partial charge in [-0.05, 0) is 25.2 Å². The predicted molar refractivity (Wildman–Crippen MR) is 152 cm³/mol. The first-order valence-electron chi connectivity index (χ1n) is 15.9. The minimum Gasteiger partial charge on any atom is -0.466 e. The van der Waals surface area contributed by atoms with E-state index in [0.717, 1.165) is 18.8 Å². The van der Waals surface area contributed by atoms with Crippen LogP contribution in [0.5, 0.6) is 0 Å². The summed E-state index contributed by atoms with van der Waals surface area (Å²) in [6.45, 7) is 7.49. The largest absolute Gasteiger partial charge is 0.466 e. The summed E-state index contributed by atoms with van der Waals surface area (Å²) in [5, 5.41) is 0. The SMILES string of the molecule is CCCCCCCCCCCCCOC(=O)CCCC(CCCCCCC)CCCCCCC. The van der Waals surface area contributed by atoms with Gasteiger partial charge in [-0.15, -0.1) is 0 Å². The molecule has 204 valence electrons. The summed E-state index contributed by atoms with van der Waals surface area (Å²) >= 11 is 0. The summed E-state index contributed by atoms with van der Waals surface area (Å²) in [7, 11) is 0. The molecule has 0 saturated carbocycles. The second kappa shape index (κ2) is 28.7. The zero-order valence-corrected chi connectivity index (χ0v) is 24.0. The van der Waals surface area contributed by atoms with Crippen LogP contribution >= 0.6 is 0 Å². The molecule has 0 spiro atoms. The number of carbonyl (C=O) groups is 1. The standard InChI is InChI=1S/C32H64O2/c1-4-7-10-13-14-15-16-17-18-21-24-30-34-32(33)29-25-28-31(26-22-19-11-8-5-2)27-23-20-12-9-6-3/h31H,4-30H2,1-3H3. The van der Waals surface area contributed by atoms with Gasteiger partial charge in [0, 0.05) is 6.42 Å². The van der Waals surface area contributed by atoms with Crippen LogP contribution in [-0.4, -0.2) is 12.6 Å². The minimum absolute atomic E-state index is 0.0386. The van der Waals surface area contributed by atoms with Crippen LogP contribution in [0.1, 0.15) is 188 Å². The fraction of sp³-hybridized carbons (Fsp3) is 0.969. The van der Waals surface area contributed by atoms with E-state index < -0.39 is 0 Å². The third-order valence-corrected chi connectivity index (χ3v) is 7.44. The van der Waals surface area contributed by atoms with E-state index in [0.29, 0.717) is 13.0 Å². The van der Waals surface area contributed by atoms with Gasteiger partial charge in [0.25, 0.3) is 0 Å². The van der Waals surface area contributed by atoms with Crippen molar-refractivity contribution >= 4 is 5.97 Å². The molecule has 0 fully saturated rings. The van der Waals surface area contributed by atoms with Crippen LogP contribution in [0, 0.1) is 5.92 Å². The molecule has 0 radical (unpaired) electrons. The van der Waals surface area contributed by atoms with Crippen LogP contribution in [0.25, 0.3) is 0 Å². The summed E-state index contributed by atoms with van der Waals surface area (Å²) in [4.78, 5) is 12.1. The van der Waals surface area contributed by atoms with Crippen molar-refractivity contribution < 1.29 is 9.53 Å². The highest BCUT2D eigenvalue weighted by Crippen LogP contribution is 2.24. The lowest BCUT2D eigenvalue weighted by atomic mass is 9.90. The summed E-state index contributed by atoms with van der Waals surface area (Å²) in [5.41, 5.74) is 0. The molecule has 0 N–H and O–H groups in total. The predicted octanol–water partition coefficient (Wildman–Crippen LogP) is 11.3. The highest BCUT2D eigenvalue weighted by molar-refractivity contribution is 5.69. The Labute approximate surface area is 215 Å². The van der Waals surface area contributed by atoms with Crippen molar-refractivity contribution in [3.05, 3.63) is 0 Å². The van der Waals surface area contributed by atoms with Crippen molar-refractivity contribution in [2.75, 3.05) is 6.61 Å². The monoisotopic (exact) mass is 480 g/mol. The number of esters is 1. The molecule has 0 unspecified atom stereocenters. The molecule has 0 aliphatic rings. The molecule has 0 rings (SSSR count). The Bertz CT molecular complexity index is 378. The van der Waals surface area contributed by atoms with Gasteiger partial charge < -0.3 is 4.74 Å². The van der Waals surface area contributed by atoms with E-state index >= 15 is 0 Å². The first-order valence-corrected chi connectivity index (χ1v) is 15.9. The van der Waals surface area contributed by atoms with Gasteiger partial charge in [-0.3, -0.25) is 4.79 Å². The van der Waals surface area contributed by atoms with E-state index in [-0.39, 0.29) is 5.97 Å². The van der Waals surface area contributed by atoms with Crippen molar-refractivity contribution in [1.82, 2.24) is 0 Å². The van der Waals surface area contributed by atoms with Gasteiger partial charge in [-0.25, -0.2) is 0 Å². The number of unbranched alkanes of at least 4 members (excludes halogenated alkanes) is 18. The van der Waals surface area contributed by atoms with Crippen molar-refractivity contribution in [2.24, 2.45) is 5.92 Å². The molecule has 0 amide bonds. The van der Waals surface area contributed by atoms with Crippen molar-refractivity contribution in [1.29, 1.82) is 0 Å². The molecule has 0 aromatic heterocycles. The topological polar surface area (TPSA) is 26.3 Å². The summed E-state index contributed by atoms with van der Waals surface area (Å²) in [6.07, 6.45) is 34.0. The fourth-order valence-corrected chi connectivity index (χ4v) is 5.07. The van der Waals surface area contributed by atoms with Gasteiger partial charge in [-0.2, -0.15) is 0 Å². The Morgan fingerprint density at radius 2 is 0.824 bits per heavy atom. The van der Waals surface area contributed by atoms with E-state index in [1.54, 1.807) is 0 Å². The van der Waals surface area contributed by atoms with Crippen molar-refractivity contribution in [2.45, 2.75) is 188 Å². The summed E-state index contributed by atoms with van der Waals surface area (Å²) in [6, 6.07) is 0. The lowest BCUT2D eigenvalue weighted by Gasteiger charge is -2.17. The molecule has 34 heavy (non-hydrogen) atoms. The molecular weight excluding hydrogens is 416 g/mol. The Kier molecular flexibility index (Phi) is 28.3. The van der Waals surface area contributed by atoms with E-state index in [9.17, 15) is 4.79 Å². The maximum absolute atomic E-state index is 12.1. The average Bonchev–Trinajstić information content (AvgIpc) is 2.84. The number of carbonyl (C=O) groups excluding carboxylic acids is 1. The van der Waals surface area contributed by atoms with Crippen LogP contribution in [-0.2, 0) is 9.53 Å². The molecule has 0 bridgehead atoms. The smallest absolute Gasteiger partial charge is 0.305 e. The van der Waals surface area contributed by atoms with Gasteiger partial charge in [0.2, 0.25) is 0 Å². The molecule has 0 aliphatic carbocycles. The number of hydrogen-bond acceptors (Lipinski definition) is 2. The van der Waals surface area contributed by atoms with Crippen molar-refractivity contribution in [3.63, 3.8) is 0 Å². The number of ether oxygens (including phenoxy) is 1. The van der Waals surface area contributed by atoms with Crippen LogP contribution < -0.4 is 0 Å². The van der Waals surface area contributed by atoms with Gasteiger partial charge >= 0.3 is 5.97 Å². The van der Waals surface area contributed by atoms with Crippen molar-refractivity contribution in [3.8, 4) is 0 Å². The van der Waals surface area contributed by atoms with Crippen LogP contribution in [0.4, 0.5) is 0 Å². The summed E-state index contributed by atoms with van der Waals surface area (Å²) in [5.74, 6) is 0.861. The van der Waals surface area contributed by atoms with E-state index in [1.165, 1.54) is 148 Å². The molecular formula is C32H64O2. The molecule has 0 aromatic carbocycles. The van der Waals surface area contributed by atoms with Crippen LogP contribution in [0.15, 0.2) is 0 Å². The molecule has 2 nitrogen and oxygen atoms in total. The number of rotatable bonds is 28. The Balaban J connectivity index is 3.72. The Hall–Kier alpha value is -0.530. The maximum Gasteiger partial charge on any atom is 0.305 e. The van der Waals surface area contributed by atoms with E-state index in [2.05, 4.69) is 20.8 Å². The fourth-order valence-electron chi connectivity index (χ4n) is 5.07. The van der Waals surface area contributed by atoms with E-state index in [4.69, 9.17) is 4.74 Å². The van der Waals surface area contributed by atoms with Crippen LogP contribution in [0.3, 0.4) is 0 Å². The maximum atomic E-state index is 12.1. The van der Waals surface area contributed by atoms with Gasteiger partial charge in [0.15, 0.2) is 0 Å². The number of hydrogen-bond donors (Lipinski definition) is 0. The lowest BCUT2D eigenvalue weighted by Crippen LogP contribution is -2.08. The minimum atomic E-state index is 0.0386. The third-order valence-electron chi connectivity index (χ3n) is 7.44. The first-order chi connectivity index (χ1) is 16.7.